The molecule has 0 fully saturated rings. The lowest BCUT2D eigenvalue weighted by Gasteiger charge is -2.18. The molecule has 0 saturated heterocycles. The van der Waals surface area contributed by atoms with Crippen molar-refractivity contribution in [2.45, 2.75) is 51.5 Å². The fourth-order valence-electron chi connectivity index (χ4n) is 2.76. The predicted molar refractivity (Wildman–Crippen MR) is 69.5 cm³/mol. The SMILES string of the molecule is CCCCCC(N)C1Cc2ccccc2C1. The Labute approximate surface area is 99.0 Å². The predicted octanol–water partition coefficient (Wildman–Crippen LogP) is 3.31. The van der Waals surface area contributed by atoms with Crippen LogP contribution in [0.4, 0.5) is 0 Å². The van der Waals surface area contributed by atoms with Crippen molar-refractivity contribution >= 4 is 0 Å². The molecule has 0 saturated carbocycles. The minimum absolute atomic E-state index is 0.402. The summed E-state index contributed by atoms with van der Waals surface area (Å²) in [6.07, 6.45) is 7.51. The van der Waals surface area contributed by atoms with E-state index in [0.29, 0.717) is 12.0 Å². The van der Waals surface area contributed by atoms with Gasteiger partial charge in [-0.05, 0) is 36.3 Å². The summed E-state index contributed by atoms with van der Waals surface area (Å²) in [5, 5.41) is 0. The summed E-state index contributed by atoms with van der Waals surface area (Å²) in [5.41, 5.74) is 9.35. The summed E-state index contributed by atoms with van der Waals surface area (Å²) in [7, 11) is 0. The van der Waals surface area contributed by atoms with Gasteiger partial charge in [-0.25, -0.2) is 0 Å². The third kappa shape index (κ3) is 2.65. The van der Waals surface area contributed by atoms with E-state index in [1.807, 2.05) is 0 Å². The van der Waals surface area contributed by atoms with Gasteiger partial charge in [0.15, 0.2) is 0 Å². The first-order valence-electron chi connectivity index (χ1n) is 6.63. The van der Waals surface area contributed by atoms with Crippen molar-refractivity contribution in [3.8, 4) is 0 Å². The summed E-state index contributed by atoms with van der Waals surface area (Å²) in [5.74, 6) is 0.689. The van der Waals surface area contributed by atoms with E-state index in [9.17, 15) is 0 Å². The molecule has 1 aliphatic carbocycles. The van der Waals surface area contributed by atoms with Gasteiger partial charge in [0.2, 0.25) is 0 Å². The molecule has 0 radical (unpaired) electrons. The van der Waals surface area contributed by atoms with Crippen molar-refractivity contribution in [2.24, 2.45) is 11.7 Å². The van der Waals surface area contributed by atoms with E-state index >= 15 is 0 Å². The molecule has 0 spiro atoms. The molecular formula is C15H23N. The number of rotatable bonds is 5. The van der Waals surface area contributed by atoms with Gasteiger partial charge in [0, 0.05) is 6.04 Å². The van der Waals surface area contributed by atoms with Gasteiger partial charge >= 0.3 is 0 Å². The summed E-state index contributed by atoms with van der Waals surface area (Å²) in [4.78, 5) is 0. The van der Waals surface area contributed by atoms with Crippen molar-refractivity contribution in [1.82, 2.24) is 0 Å². The van der Waals surface area contributed by atoms with Crippen molar-refractivity contribution in [3.05, 3.63) is 35.4 Å². The lowest BCUT2D eigenvalue weighted by Crippen LogP contribution is -2.30. The van der Waals surface area contributed by atoms with Crippen LogP contribution in [0.2, 0.25) is 0 Å². The average molecular weight is 217 g/mol. The van der Waals surface area contributed by atoms with Gasteiger partial charge in [0.25, 0.3) is 0 Å². The van der Waals surface area contributed by atoms with E-state index in [2.05, 4.69) is 31.2 Å². The van der Waals surface area contributed by atoms with Crippen LogP contribution in [-0.4, -0.2) is 6.04 Å². The van der Waals surface area contributed by atoms with E-state index < -0.39 is 0 Å². The maximum atomic E-state index is 6.30. The zero-order valence-corrected chi connectivity index (χ0v) is 10.3. The van der Waals surface area contributed by atoms with Crippen LogP contribution < -0.4 is 5.73 Å². The summed E-state index contributed by atoms with van der Waals surface area (Å²) < 4.78 is 0. The molecule has 1 nitrogen and oxygen atoms in total. The Hall–Kier alpha value is -0.820. The standard InChI is InChI=1S/C15H23N/c1-2-3-4-9-15(16)14-10-12-7-5-6-8-13(12)11-14/h5-8,14-15H,2-4,9-11,16H2,1H3. The highest BCUT2D eigenvalue weighted by molar-refractivity contribution is 5.32. The van der Waals surface area contributed by atoms with Gasteiger partial charge in [0.1, 0.15) is 0 Å². The number of hydrogen-bond acceptors (Lipinski definition) is 1. The van der Waals surface area contributed by atoms with E-state index in [0.717, 1.165) is 0 Å². The molecule has 0 aromatic heterocycles. The molecule has 1 aromatic rings. The first-order chi connectivity index (χ1) is 7.81. The van der Waals surface area contributed by atoms with Crippen LogP contribution in [0.3, 0.4) is 0 Å². The topological polar surface area (TPSA) is 26.0 Å². The number of hydrogen-bond donors (Lipinski definition) is 1. The lowest BCUT2D eigenvalue weighted by atomic mass is 9.93. The van der Waals surface area contributed by atoms with Gasteiger partial charge in [-0.2, -0.15) is 0 Å². The van der Waals surface area contributed by atoms with Crippen molar-refractivity contribution in [2.75, 3.05) is 0 Å². The summed E-state index contributed by atoms with van der Waals surface area (Å²) in [6.45, 7) is 2.25. The van der Waals surface area contributed by atoms with Gasteiger partial charge in [-0.1, -0.05) is 50.5 Å². The van der Waals surface area contributed by atoms with Gasteiger partial charge in [-0.15, -0.1) is 0 Å². The number of nitrogens with two attached hydrogens (primary N) is 1. The number of benzene rings is 1. The second-order valence-electron chi connectivity index (χ2n) is 5.10. The van der Waals surface area contributed by atoms with Crippen LogP contribution in [-0.2, 0) is 12.8 Å². The molecule has 0 bridgehead atoms. The zero-order chi connectivity index (χ0) is 11.4. The highest BCUT2D eigenvalue weighted by Gasteiger charge is 2.25. The lowest BCUT2D eigenvalue weighted by molar-refractivity contribution is 0.403. The third-order valence-corrected chi connectivity index (χ3v) is 3.83. The second-order valence-corrected chi connectivity index (χ2v) is 5.10. The zero-order valence-electron chi connectivity index (χ0n) is 10.3. The second kappa shape index (κ2) is 5.49. The molecule has 0 aliphatic heterocycles. The van der Waals surface area contributed by atoms with E-state index in [1.165, 1.54) is 49.7 Å². The molecular weight excluding hydrogens is 194 g/mol. The fourth-order valence-corrected chi connectivity index (χ4v) is 2.76. The van der Waals surface area contributed by atoms with Crippen LogP contribution in [0.15, 0.2) is 24.3 Å². The van der Waals surface area contributed by atoms with Gasteiger partial charge in [-0.3, -0.25) is 0 Å². The first-order valence-corrected chi connectivity index (χ1v) is 6.63. The first kappa shape index (κ1) is 11.7. The molecule has 1 unspecified atom stereocenters. The van der Waals surface area contributed by atoms with E-state index in [1.54, 1.807) is 0 Å². The largest absolute Gasteiger partial charge is 0.327 e. The minimum Gasteiger partial charge on any atom is -0.327 e. The van der Waals surface area contributed by atoms with E-state index in [-0.39, 0.29) is 0 Å². The quantitative estimate of drug-likeness (QED) is 0.752. The van der Waals surface area contributed by atoms with Gasteiger partial charge < -0.3 is 5.73 Å². The Bertz CT molecular complexity index is 307. The summed E-state index contributed by atoms with van der Waals surface area (Å²) >= 11 is 0. The van der Waals surface area contributed by atoms with Gasteiger partial charge in [0.05, 0.1) is 0 Å². The molecule has 1 heteroatoms. The molecule has 0 amide bonds. The highest BCUT2D eigenvalue weighted by Crippen LogP contribution is 2.29. The molecule has 88 valence electrons. The minimum atomic E-state index is 0.402. The van der Waals surface area contributed by atoms with Crippen molar-refractivity contribution < 1.29 is 0 Å². The monoisotopic (exact) mass is 217 g/mol. The molecule has 2 N–H and O–H groups in total. The molecule has 1 aromatic carbocycles. The van der Waals surface area contributed by atoms with E-state index in [4.69, 9.17) is 5.73 Å². The molecule has 1 aliphatic rings. The Morgan fingerprint density at radius 3 is 2.38 bits per heavy atom. The fraction of sp³-hybridized carbons (Fsp3) is 0.600. The Morgan fingerprint density at radius 1 is 1.19 bits per heavy atom. The molecule has 16 heavy (non-hydrogen) atoms. The van der Waals surface area contributed by atoms with Crippen LogP contribution in [0.5, 0.6) is 0 Å². The Morgan fingerprint density at radius 2 is 1.81 bits per heavy atom. The maximum Gasteiger partial charge on any atom is 0.00735 e. The summed E-state index contributed by atoms with van der Waals surface area (Å²) in [6, 6.07) is 9.20. The third-order valence-electron chi connectivity index (χ3n) is 3.83. The maximum absolute atomic E-state index is 6.30. The smallest absolute Gasteiger partial charge is 0.00735 e. The van der Waals surface area contributed by atoms with Crippen LogP contribution in [0, 0.1) is 5.92 Å². The Balaban J connectivity index is 1.86. The number of unbranched alkanes of at least 4 members (excludes halogenated alkanes) is 2. The normalized spacial score (nSPS) is 17.4. The van der Waals surface area contributed by atoms with Crippen LogP contribution in [0.1, 0.15) is 43.7 Å². The van der Waals surface area contributed by atoms with Crippen LogP contribution >= 0.6 is 0 Å². The molecule has 2 rings (SSSR count). The molecule has 1 atom stereocenters. The molecule has 0 heterocycles. The highest BCUT2D eigenvalue weighted by atomic mass is 14.7. The average Bonchev–Trinajstić information content (AvgIpc) is 2.73. The number of fused-ring (bicyclic) bond motifs is 1. The van der Waals surface area contributed by atoms with Crippen molar-refractivity contribution in [1.29, 1.82) is 0 Å². The Kier molecular flexibility index (Phi) is 4.00. The van der Waals surface area contributed by atoms with Crippen molar-refractivity contribution in [3.63, 3.8) is 0 Å². The van der Waals surface area contributed by atoms with Crippen LogP contribution in [0.25, 0.3) is 0 Å².